The Morgan fingerprint density at radius 1 is 1.08 bits per heavy atom. The zero-order valence-electron chi connectivity index (χ0n) is 7.57. The van der Waals surface area contributed by atoms with Crippen molar-refractivity contribution >= 4 is 18.0 Å². The van der Waals surface area contributed by atoms with Gasteiger partial charge in [-0.1, -0.05) is 30.4 Å². The maximum Gasteiger partial charge on any atom is 0.0704 e. The van der Waals surface area contributed by atoms with Gasteiger partial charge in [0.1, 0.15) is 0 Å². The Bertz CT molecular complexity index is 398. The minimum Gasteiger partial charge on any atom is -0.256 e. The molecule has 0 aromatic heterocycles. The van der Waals surface area contributed by atoms with Crippen molar-refractivity contribution in [3.63, 3.8) is 0 Å². The molecule has 2 rings (SSSR count). The van der Waals surface area contributed by atoms with Crippen LogP contribution in [0.1, 0.15) is 11.1 Å². The molecule has 1 aliphatic rings. The molecule has 64 valence electrons. The lowest BCUT2D eigenvalue weighted by atomic mass is 10.1. The highest BCUT2D eigenvalue weighted by Crippen LogP contribution is 2.24. The van der Waals surface area contributed by atoms with Crippen LogP contribution < -0.4 is 0 Å². The minimum absolute atomic E-state index is 1.04. The summed E-state index contributed by atoms with van der Waals surface area (Å²) in [5.74, 6) is 0. The normalized spacial score (nSPS) is 13.6. The molecule has 1 aromatic rings. The molecule has 0 aliphatic carbocycles. The van der Waals surface area contributed by atoms with Gasteiger partial charge in [-0.3, -0.25) is 4.99 Å². The summed E-state index contributed by atoms with van der Waals surface area (Å²) in [5.41, 5.74) is 3.52. The Hall–Kier alpha value is -1.63. The summed E-state index contributed by atoms with van der Waals surface area (Å²) < 4.78 is 0. The van der Waals surface area contributed by atoms with Gasteiger partial charge in [0.25, 0.3) is 0 Å². The molecule has 0 bridgehead atoms. The van der Waals surface area contributed by atoms with E-state index in [1.165, 1.54) is 11.1 Å². The van der Waals surface area contributed by atoms with E-state index in [0.717, 1.165) is 5.69 Å². The van der Waals surface area contributed by atoms with E-state index in [4.69, 9.17) is 0 Å². The topological polar surface area (TPSA) is 12.4 Å². The summed E-state index contributed by atoms with van der Waals surface area (Å²) >= 11 is 0. The van der Waals surface area contributed by atoms with E-state index in [-0.39, 0.29) is 0 Å². The highest BCUT2D eigenvalue weighted by atomic mass is 14.7. The van der Waals surface area contributed by atoms with Gasteiger partial charge in [-0.15, -0.1) is 0 Å². The van der Waals surface area contributed by atoms with Crippen LogP contribution in [0, 0.1) is 6.92 Å². The predicted molar refractivity (Wildman–Crippen MR) is 57.5 cm³/mol. The molecular weight excluding hydrogens is 158 g/mol. The number of hydrogen-bond donors (Lipinski definition) is 0. The van der Waals surface area contributed by atoms with Crippen LogP contribution in [-0.4, -0.2) is 6.21 Å². The van der Waals surface area contributed by atoms with Gasteiger partial charge in [0, 0.05) is 11.8 Å². The first-order valence-corrected chi connectivity index (χ1v) is 4.35. The van der Waals surface area contributed by atoms with E-state index in [2.05, 4.69) is 24.1 Å². The average molecular weight is 169 g/mol. The molecule has 0 amide bonds. The second kappa shape index (κ2) is 3.40. The molecule has 0 saturated carbocycles. The monoisotopic (exact) mass is 169 g/mol. The number of rotatable bonds is 0. The molecular formula is C12H11N. The quantitative estimate of drug-likeness (QED) is 0.565. The van der Waals surface area contributed by atoms with Crippen molar-refractivity contribution in [2.24, 2.45) is 4.99 Å². The largest absolute Gasteiger partial charge is 0.256 e. The lowest BCUT2D eigenvalue weighted by molar-refractivity contribution is 1.40. The van der Waals surface area contributed by atoms with Crippen LogP contribution in [0.3, 0.4) is 0 Å². The van der Waals surface area contributed by atoms with Gasteiger partial charge in [0.2, 0.25) is 0 Å². The SMILES string of the molecule is Cc1cccc2c1C=CC=CC=N2. The number of aliphatic imine (C=N–C) groups is 1. The Kier molecular flexibility index (Phi) is 2.09. The van der Waals surface area contributed by atoms with Crippen molar-refractivity contribution in [1.29, 1.82) is 0 Å². The van der Waals surface area contributed by atoms with Gasteiger partial charge in [0.15, 0.2) is 0 Å². The Balaban J connectivity index is 2.62. The first kappa shape index (κ1) is 7.99. The van der Waals surface area contributed by atoms with Crippen LogP contribution >= 0.6 is 0 Å². The summed E-state index contributed by atoms with van der Waals surface area (Å²) in [6.07, 6.45) is 9.87. The van der Waals surface area contributed by atoms with E-state index >= 15 is 0 Å². The van der Waals surface area contributed by atoms with Crippen LogP contribution in [-0.2, 0) is 0 Å². The average Bonchev–Trinajstić information content (AvgIpc) is 2.07. The van der Waals surface area contributed by atoms with Crippen LogP contribution in [0.5, 0.6) is 0 Å². The lowest BCUT2D eigenvalue weighted by Crippen LogP contribution is -1.82. The fraction of sp³-hybridized carbons (Fsp3) is 0.0833. The maximum absolute atomic E-state index is 4.34. The summed E-state index contributed by atoms with van der Waals surface area (Å²) in [6.45, 7) is 2.10. The van der Waals surface area contributed by atoms with Crippen LogP contribution in [0.15, 0.2) is 41.4 Å². The summed E-state index contributed by atoms with van der Waals surface area (Å²) in [5, 5.41) is 0. The molecule has 1 heterocycles. The van der Waals surface area contributed by atoms with E-state index < -0.39 is 0 Å². The fourth-order valence-corrected chi connectivity index (χ4v) is 1.38. The fourth-order valence-electron chi connectivity index (χ4n) is 1.38. The molecule has 1 nitrogen and oxygen atoms in total. The Morgan fingerprint density at radius 2 is 2.00 bits per heavy atom. The number of aryl methyl sites for hydroxylation is 1. The summed E-state index contributed by atoms with van der Waals surface area (Å²) in [4.78, 5) is 4.34. The maximum atomic E-state index is 4.34. The van der Waals surface area contributed by atoms with Crippen molar-refractivity contribution in [3.8, 4) is 0 Å². The summed E-state index contributed by atoms with van der Waals surface area (Å²) in [7, 11) is 0. The van der Waals surface area contributed by atoms with Gasteiger partial charge >= 0.3 is 0 Å². The zero-order chi connectivity index (χ0) is 9.10. The molecule has 0 atom stereocenters. The van der Waals surface area contributed by atoms with Crippen LogP contribution in [0.25, 0.3) is 6.08 Å². The molecule has 1 heteroatoms. The third-order valence-electron chi connectivity index (χ3n) is 2.09. The molecule has 0 radical (unpaired) electrons. The Morgan fingerprint density at radius 3 is 2.92 bits per heavy atom. The lowest BCUT2D eigenvalue weighted by Gasteiger charge is -2.04. The number of benzene rings is 1. The van der Waals surface area contributed by atoms with E-state index in [1.807, 2.05) is 36.6 Å². The Labute approximate surface area is 78.1 Å². The molecule has 0 saturated heterocycles. The molecule has 0 spiro atoms. The van der Waals surface area contributed by atoms with Gasteiger partial charge in [0.05, 0.1) is 5.69 Å². The van der Waals surface area contributed by atoms with E-state index in [0.29, 0.717) is 0 Å². The number of fused-ring (bicyclic) bond motifs is 1. The van der Waals surface area contributed by atoms with Crippen LogP contribution in [0.4, 0.5) is 5.69 Å². The van der Waals surface area contributed by atoms with E-state index in [9.17, 15) is 0 Å². The molecule has 0 fully saturated rings. The second-order valence-corrected chi connectivity index (χ2v) is 3.03. The van der Waals surface area contributed by atoms with Gasteiger partial charge in [-0.05, 0) is 24.6 Å². The first-order chi connectivity index (χ1) is 6.38. The predicted octanol–water partition coefficient (Wildman–Crippen LogP) is 3.28. The minimum atomic E-state index is 1.04. The standard InChI is InChI=1S/C12H11N/c1-10-6-5-8-12-11(10)7-3-2-4-9-13-12/h2-9H,1H3. The van der Waals surface area contributed by atoms with Crippen molar-refractivity contribution in [3.05, 3.63) is 47.6 Å². The summed E-state index contributed by atoms with van der Waals surface area (Å²) in [6, 6.07) is 6.16. The van der Waals surface area contributed by atoms with Crippen molar-refractivity contribution in [2.75, 3.05) is 0 Å². The number of allylic oxidation sites excluding steroid dienone is 3. The van der Waals surface area contributed by atoms with Crippen LogP contribution in [0.2, 0.25) is 0 Å². The highest BCUT2D eigenvalue weighted by Gasteiger charge is 2.00. The zero-order valence-corrected chi connectivity index (χ0v) is 7.57. The molecule has 0 N–H and O–H groups in total. The first-order valence-electron chi connectivity index (χ1n) is 4.35. The third kappa shape index (κ3) is 1.59. The molecule has 1 aromatic carbocycles. The van der Waals surface area contributed by atoms with Gasteiger partial charge < -0.3 is 0 Å². The highest BCUT2D eigenvalue weighted by molar-refractivity contribution is 5.80. The molecule has 1 aliphatic heterocycles. The smallest absolute Gasteiger partial charge is 0.0704 e. The van der Waals surface area contributed by atoms with E-state index in [1.54, 1.807) is 0 Å². The third-order valence-corrected chi connectivity index (χ3v) is 2.09. The second-order valence-electron chi connectivity index (χ2n) is 3.03. The molecule has 0 unspecified atom stereocenters. The van der Waals surface area contributed by atoms with Crippen molar-refractivity contribution < 1.29 is 0 Å². The molecule has 13 heavy (non-hydrogen) atoms. The number of nitrogens with zero attached hydrogens (tertiary/aromatic N) is 1. The van der Waals surface area contributed by atoms with Crippen molar-refractivity contribution in [1.82, 2.24) is 0 Å². The van der Waals surface area contributed by atoms with Gasteiger partial charge in [-0.2, -0.15) is 0 Å². The number of hydrogen-bond acceptors (Lipinski definition) is 1. The van der Waals surface area contributed by atoms with Crippen molar-refractivity contribution in [2.45, 2.75) is 6.92 Å². The van der Waals surface area contributed by atoms with Gasteiger partial charge in [-0.25, -0.2) is 0 Å².